The first-order valence-electron chi connectivity index (χ1n) is 8.42. The van der Waals surface area contributed by atoms with Crippen LogP contribution in [0.15, 0.2) is 53.7 Å². The number of aromatic amines is 2. The number of aryl methyl sites for hydroxylation is 1. The fourth-order valence-corrected chi connectivity index (χ4v) is 4.36. The number of hydrogen-bond acceptors (Lipinski definition) is 5. The van der Waals surface area contributed by atoms with Crippen molar-refractivity contribution in [3.63, 3.8) is 0 Å². The lowest BCUT2D eigenvalue weighted by molar-refractivity contribution is 1.12. The molecule has 5 aromatic rings. The second-order valence-electron chi connectivity index (χ2n) is 6.39. The van der Waals surface area contributed by atoms with Crippen LogP contribution in [-0.4, -0.2) is 20.2 Å². The Morgan fingerprint density at radius 2 is 2.00 bits per heavy atom. The number of aromatic nitrogens is 4. The molecule has 0 bridgehead atoms. The minimum Gasteiger partial charge on any atom is -0.398 e. The predicted octanol–water partition coefficient (Wildman–Crippen LogP) is 4.09. The number of benzene rings is 2. The minimum absolute atomic E-state index is 0.242. The summed E-state index contributed by atoms with van der Waals surface area (Å²) in [4.78, 5) is 21.9. The van der Waals surface area contributed by atoms with Crippen molar-refractivity contribution in [1.29, 1.82) is 0 Å². The maximum atomic E-state index is 12.6. The van der Waals surface area contributed by atoms with Crippen molar-refractivity contribution < 1.29 is 0 Å². The fraction of sp³-hybridized carbons (Fsp3) is 0.0500. The first-order valence-corrected chi connectivity index (χ1v) is 9.24. The lowest BCUT2D eigenvalue weighted by Gasteiger charge is -2.13. The van der Waals surface area contributed by atoms with Crippen molar-refractivity contribution in [2.24, 2.45) is 0 Å². The van der Waals surface area contributed by atoms with Gasteiger partial charge in [-0.3, -0.25) is 9.89 Å². The van der Waals surface area contributed by atoms with Crippen LogP contribution in [0, 0.1) is 6.92 Å². The Kier molecular flexibility index (Phi) is 3.38. The normalized spacial score (nSPS) is 11.4. The van der Waals surface area contributed by atoms with Gasteiger partial charge in [-0.05, 0) is 36.8 Å². The van der Waals surface area contributed by atoms with Crippen molar-refractivity contribution in [2.45, 2.75) is 6.92 Å². The number of H-pyrrole nitrogens is 2. The topological polar surface area (TPSA) is 100 Å². The highest BCUT2D eigenvalue weighted by atomic mass is 32.1. The SMILES string of the molecule is Cc1ccc(-c2cc(-c3cccc4[nH]ncc34)c(N)c3c(=O)[nH]cnc23)s1. The van der Waals surface area contributed by atoms with Gasteiger partial charge in [0.1, 0.15) is 0 Å². The molecule has 5 rings (SSSR count). The van der Waals surface area contributed by atoms with Crippen LogP contribution in [-0.2, 0) is 0 Å². The molecular formula is C20H15N5OS. The molecule has 0 spiro atoms. The fourth-order valence-electron chi connectivity index (χ4n) is 3.47. The van der Waals surface area contributed by atoms with Crippen molar-refractivity contribution >= 4 is 38.8 Å². The third-order valence-corrected chi connectivity index (χ3v) is 5.77. The number of fused-ring (bicyclic) bond motifs is 2. The van der Waals surface area contributed by atoms with Crippen LogP contribution >= 0.6 is 11.3 Å². The highest BCUT2D eigenvalue weighted by molar-refractivity contribution is 7.15. The molecule has 0 unspecified atom stereocenters. The van der Waals surface area contributed by atoms with E-state index in [1.54, 1.807) is 17.5 Å². The first-order chi connectivity index (χ1) is 13.1. The first kappa shape index (κ1) is 15.8. The molecule has 2 aromatic carbocycles. The van der Waals surface area contributed by atoms with Gasteiger partial charge in [-0.2, -0.15) is 5.10 Å². The summed E-state index contributed by atoms with van der Waals surface area (Å²) in [6.07, 6.45) is 3.20. The standard InChI is InChI=1S/C20H15N5OS/c1-10-5-6-16(27-10)13-7-12(11-3-2-4-15-14(11)8-24-25-15)18(21)17-19(13)22-9-23-20(17)26/h2-9H,21H2,1H3,(H,24,25)(H,22,23,26). The molecule has 0 aliphatic heterocycles. The molecule has 0 amide bonds. The quantitative estimate of drug-likeness (QED) is 0.406. The summed E-state index contributed by atoms with van der Waals surface area (Å²) in [5.74, 6) is 0. The van der Waals surface area contributed by atoms with Crippen LogP contribution in [0.4, 0.5) is 5.69 Å². The molecule has 27 heavy (non-hydrogen) atoms. The van der Waals surface area contributed by atoms with Crippen LogP contribution < -0.4 is 11.3 Å². The zero-order valence-electron chi connectivity index (χ0n) is 14.4. The number of anilines is 1. The second-order valence-corrected chi connectivity index (χ2v) is 7.68. The Morgan fingerprint density at radius 1 is 1.11 bits per heavy atom. The summed E-state index contributed by atoms with van der Waals surface area (Å²) < 4.78 is 0. The molecule has 0 radical (unpaired) electrons. The van der Waals surface area contributed by atoms with Gasteiger partial charge in [0.15, 0.2) is 0 Å². The summed E-state index contributed by atoms with van der Waals surface area (Å²) in [5, 5.41) is 8.48. The van der Waals surface area contributed by atoms with E-state index < -0.39 is 0 Å². The Hall–Kier alpha value is -3.45. The number of nitrogens with one attached hydrogen (secondary N) is 2. The van der Waals surface area contributed by atoms with Crippen LogP contribution in [0.2, 0.25) is 0 Å². The van der Waals surface area contributed by atoms with E-state index in [1.807, 2.05) is 24.3 Å². The van der Waals surface area contributed by atoms with E-state index in [-0.39, 0.29) is 5.56 Å². The van der Waals surface area contributed by atoms with E-state index in [9.17, 15) is 4.79 Å². The summed E-state index contributed by atoms with van der Waals surface area (Å²) in [7, 11) is 0. The van der Waals surface area contributed by atoms with Gasteiger partial charge in [-0.25, -0.2) is 4.98 Å². The van der Waals surface area contributed by atoms with E-state index in [0.29, 0.717) is 16.6 Å². The molecule has 4 N–H and O–H groups in total. The van der Waals surface area contributed by atoms with Crippen molar-refractivity contribution in [3.8, 4) is 21.6 Å². The number of thiophene rings is 1. The predicted molar refractivity (Wildman–Crippen MR) is 110 cm³/mol. The maximum absolute atomic E-state index is 12.6. The van der Waals surface area contributed by atoms with E-state index in [0.717, 1.165) is 32.5 Å². The number of rotatable bonds is 2. The van der Waals surface area contributed by atoms with Crippen LogP contribution in [0.3, 0.4) is 0 Å². The van der Waals surface area contributed by atoms with Crippen molar-refractivity contribution in [3.05, 3.63) is 64.2 Å². The maximum Gasteiger partial charge on any atom is 0.260 e. The zero-order chi connectivity index (χ0) is 18.5. The van der Waals surface area contributed by atoms with Gasteiger partial charge in [-0.15, -0.1) is 11.3 Å². The molecule has 3 aromatic heterocycles. The molecule has 0 saturated carbocycles. The lowest BCUT2D eigenvalue weighted by atomic mass is 9.95. The highest BCUT2D eigenvalue weighted by Gasteiger charge is 2.18. The molecular weight excluding hydrogens is 358 g/mol. The van der Waals surface area contributed by atoms with Gasteiger partial charge >= 0.3 is 0 Å². The summed E-state index contributed by atoms with van der Waals surface area (Å²) in [6, 6.07) is 12.0. The third kappa shape index (κ3) is 2.36. The average molecular weight is 373 g/mol. The Balaban J connectivity index is 1.94. The van der Waals surface area contributed by atoms with Gasteiger partial charge in [0, 0.05) is 26.3 Å². The largest absolute Gasteiger partial charge is 0.398 e. The van der Waals surface area contributed by atoms with E-state index in [2.05, 4.69) is 39.2 Å². The van der Waals surface area contributed by atoms with Crippen molar-refractivity contribution in [2.75, 3.05) is 5.73 Å². The molecule has 0 aliphatic rings. The number of hydrogen-bond donors (Lipinski definition) is 3. The van der Waals surface area contributed by atoms with Gasteiger partial charge < -0.3 is 10.7 Å². The Bertz CT molecular complexity index is 1380. The Morgan fingerprint density at radius 3 is 2.81 bits per heavy atom. The van der Waals surface area contributed by atoms with Crippen LogP contribution in [0.5, 0.6) is 0 Å². The molecule has 0 fully saturated rings. The van der Waals surface area contributed by atoms with Gasteiger partial charge in [0.05, 0.1) is 34.6 Å². The second kappa shape index (κ2) is 5.78. The summed E-state index contributed by atoms with van der Waals surface area (Å²) in [6.45, 7) is 2.06. The highest BCUT2D eigenvalue weighted by Crippen LogP contribution is 2.41. The molecule has 7 heteroatoms. The van der Waals surface area contributed by atoms with Gasteiger partial charge in [0.25, 0.3) is 5.56 Å². The van der Waals surface area contributed by atoms with Gasteiger partial charge in [0.2, 0.25) is 0 Å². The van der Waals surface area contributed by atoms with Crippen LogP contribution in [0.25, 0.3) is 43.4 Å². The monoisotopic (exact) mass is 373 g/mol. The number of nitrogens with two attached hydrogens (primary N) is 1. The Labute approximate surface area is 157 Å². The molecule has 0 saturated heterocycles. The molecule has 6 nitrogen and oxygen atoms in total. The van der Waals surface area contributed by atoms with Crippen LogP contribution in [0.1, 0.15) is 4.88 Å². The minimum atomic E-state index is -0.242. The third-order valence-electron chi connectivity index (χ3n) is 4.74. The van der Waals surface area contributed by atoms with Crippen molar-refractivity contribution in [1.82, 2.24) is 20.2 Å². The molecule has 0 atom stereocenters. The molecule has 3 heterocycles. The number of nitrogens with zero attached hydrogens (tertiary/aromatic N) is 2. The zero-order valence-corrected chi connectivity index (χ0v) is 15.2. The summed E-state index contributed by atoms with van der Waals surface area (Å²) >= 11 is 1.66. The molecule has 0 aliphatic carbocycles. The lowest BCUT2D eigenvalue weighted by Crippen LogP contribution is -2.10. The number of nitrogen functional groups attached to an aromatic ring is 1. The van der Waals surface area contributed by atoms with E-state index in [1.165, 1.54) is 11.2 Å². The average Bonchev–Trinajstić information content (AvgIpc) is 3.31. The van der Waals surface area contributed by atoms with E-state index in [4.69, 9.17) is 5.73 Å². The molecule has 132 valence electrons. The van der Waals surface area contributed by atoms with E-state index >= 15 is 0 Å². The van der Waals surface area contributed by atoms with Gasteiger partial charge in [-0.1, -0.05) is 12.1 Å². The summed E-state index contributed by atoms with van der Waals surface area (Å²) in [5.41, 5.74) is 10.8. The smallest absolute Gasteiger partial charge is 0.260 e.